The van der Waals surface area contributed by atoms with Crippen molar-refractivity contribution in [3.05, 3.63) is 60.4 Å². The Hall–Kier alpha value is -2.84. The van der Waals surface area contributed by atoms with Crippen LogP contribution in [0.2, 0.25) is 0 Å². The molecule has 0 spiro atoms. The van der Waals surface area contributed by atoms with Gasteiger partial charge in [0.05, 0.1) is 12.6 Å². The van der Waals surface area contributed by atoms with E-state index in [9.17, 15) is 4.79 Å². The van der Waals surface area contributed by atoms with E-state index in [4.69, 9.17) is 4.74 Å². The Balaban J connectivity index is 1.35. The molecule has 4 rings (SSSR count). The number of hydrogen-bond acceptors (Lipinski definition) is 6. The summed E-state index contributed by atoms with van der Waals surface area (Å²) in [4.78, 5) is 14.8. The molecule has 2 aromatic carbocycles. The molecule has 0 saturated carbocycles. The highest BCUT2D eigenvalue weighted by Crippen LogP contribution is 2.31. The van der Waals surface area contributed by atoms with Crippen LogP contribution in [0.5, 0.6) is 11.5 Å². The highest BCUT2D eigenvalue weighted by molar-refractivity contribution is 7.98. The summed E-state index contributed by atoms with van der Waals surface area (Å²) in [6, 6.07) is 17.1. The van der Waals surface area contributed by atoms with Crippen LogP contribution in [0.1, 0.15) is 24.7 Å². The Bertz CT molecular complexity index is 991. The summed E-state index contributed by atoms with van der Waals surface area (Å²) < 4.78 is 7.82. The number of ether oxygens (including phenoxy) is 1. The van der Waals surface area contributed by atoms with Crippen molar-refractivity contribution in [2.24, 2.45) is 7.05 Å². The van der Waals surface area contributed by atoms with Crippen LogP contribution in [0.15, 0.2) is 59.8 Å². The number of nitrogens with zero attached hydrogens (tertiary/aromatic N) is 4. The van der Waals surface area contributed by atoms with Gasteiger partial charge in [-0.25, -0.2) is 0 Å². The normalized spacial score (nSPS) is 16.5. The molecular formula is C22H25N5O2S. The lowest BCUT2D eigenvalue weighted by molar-refractivity contribution is -0.117. The van der Waals surface area contributed by atoms with Gasteiger partial charge in [-0.1, -0.05) is 30.0 Å². The lowest BCUT2D eigenvalue weighted by Gasteiger charge is -2.23. The number of likely N-dealkylation sites (tertiary alicyclic amines) is 1. The molecule has 1 fully saturated rings. The summed E-state index contributed by atoms with van der Waals surface area (Å²) in [6.45, 7) is 1.21. The van der Waals surface area contributed by atoms with Gasteiger partial charge in [0, 0.05) is 12.7 Å². The first kappa shape index (κ1) is 20.4. The first-order chi connectivity index (χ1) is 14.6. The molecule has 2 heterocycles. The first-order valence-corrected chi connectivity index (χ1v) is 11.2. The summed E-state index contributed by atoms with van der Waals surface area (Å²) in [5, 5.41) is 12.5. The Morgan fingerprint density at radius 2 is 1.87 bits per heavy atom. The average Bonchev–Trinajstić information content (AvgIpc) is 3.35. The fraction of sp³-hybridized carbons (Fsp3) is 0.318. The minimum atomic E-state index is -0.0362. The van der Waals surface area contributed by atoms with Crippen LogP contribution in [0.3, 0.4) is 0 Å². The van der Waals surface area contributed by atoms with Gasteiger partial charge < -0.3 is 14.6 Å². The maximum absolute atomic E-state index is 12.6. The number of thioether (sulfide) groups is 1. The standard InChI is InChI=1S/C22H25N5O2S/c1-26-21(24-25-22(26)30-2)19-9-6-14-27(19)15-20(28)23-16-10-12-18(13-11-16)29-17-7-4-3-5-8-17/h3-5,7-8,10-13,19H,6,9,14-15H2,1-2H3,(H,23,28)/t19-/m0/s1. The molecule has 7 nitrogen and oxygen atoms in total. The van der Waals surface area contributed by atoms with E-state index < -0.39 is 0 Å². The number of benzene rings is 2. The maximum Gasteiger partial charge on any atom is 0.238 e. The number of rotatable bonds is 7. The summed E-state index contributed by atoms with van der Waals surface area (Å²) in [7, 11) is 1.98. The molecule has 1 aliphatic rings. The molecule has 0 bridgehead atoms. The lowest BCUT2D eigenvalue weighted by Crippen LogP contribution is -2.33. The van der Waals surface area contributed by atoms with Crippen molar-refractivity contribution in [1.82, 2.24) is 19.7 Å². The summed E-state index contributed by atoms with van der Waals surface area (Å²) >= 11 is 1.57. The molecule has 1 amide bonds. The van der Waals surface area contributed by atoms with E-state index in [2.05, 4.69) is 20.4 Å². The van der Waals surface area contributed by atoms with Crippen LogP contribution < -0.4 is 10.1 Å². The molecule has 1 atom stereocenters. The number of nitrogens with one attached hydrogen (secondary N) is 1. The number of carbonyl (C=O) groups is 1. The lowest BCUT2D eigenvalue weighted by atomic mass is 10.2. The van der Waals surface area contributed by atoms with Gasteiger partial charge in [-0.15, -0.1) is 10.2 Å². The molecule has 156 valence electrons. The number of para-hydroxylation sites is 1. The quantitative estimate of drug-likeness (QED) is 0.577. The zero-order chi connectivity index (χ0) is 20.9. The van der Waals surface area contributed by atoms with Crippen molar-refractivity contribution < 1.29 is 9.53 Å². The third-order valence-electron chi connectivity index (χ3n) is 5.18. The molecule has 1 aromatic heterocycles. The van der Waals surface area contributed by atoms with Crippen molar-refractivity contribution in [2.75, 3.05) is 24.7 Å². The van der Waals surface area contributed by atoms with Crippen molar-refractivity contribution in [2.45, 2.75) is 24.0 Å². The van der Waals surface area contributed by atoms with Crippen LogP contribution in [0.25, 0.3) is 0 Å². The van der Waals surface area contributed by atoms with E-state index in [0.717, 1.165) is 47.6 Å². The van der Waals surface area contributed by atoms with Crippen molar-refractivity contribution in [3.63, 3.8) is 0 Å². The molecule has 30 heavy (non-hydrogen) atoms. The largest absolute Gasteiger partial charge is 0.457 e. The number of aromatic nitrogens is 3. The van der Waals surface area contributed by atoms with E-state index in [1.165, 1.54) is 0 Å². The second kappa shape index (κ2) is 9.32. The van der Waals surface area contributed by atoms with E-state index in [-0.39, 0.29) is 11.9 Å². The van der Waals surface area contributed by atoms with Gasteiger partial charge >= 0.3 is 0 Å². The Labute approximate surface area is 180 Å². The van der Waals surface area contributed by atoms with E-state index in [0.29, 0.717) is 6.54 Å². The monoisotopic (exact) mass is 423 g/mol. The Morgan fingerprint density at radius 3 is 2.57 bits per heavy atom. The predicted octanol–water partition coefficient (Wildman–Crippen LogP) is 4.10. The van der Waals surface area contributed by atoms with Gasteiger partial charge in [-0.2, -0.15) is 0 Å². The molecule has 0 unspecified atom stereocenters. The fourth-order valence-electron chi connectivity index (χ4n) is 3.72. The Kier molecular flexibility index (Phi) is 6.35. The number of amides is 1. The van der Waals surface area contributed by atoms with Crippen LogP contribution >= 0.6 is 11.8 Å². The molecule has 1 N–H and O–H groups in total. The van der Waals surface area contributed by atoms with Gasteiger partial charge in [0.15, 0.2) is 11.0 Å². The molecule has 3 aromatic rings. The minimum absolute atomic E-state index is 0.0362. The summed E-state index contributed by atoms with van der Waals surface area (Å²) in [6.07, 6.45) is 4.02. The molecular weight excluding hydrogens is 398 g/mol. The second-order valence-electron chi connectivity index (χ2n) is 7.22. The first-order valence-electron chi connectivity index (χ1n) is 9.94. The van der Waals surface area contributed by atoms with Crippen molar-refractivity contribution in [3.8, 4) is 11.5 Å². The summed E-state index contributed by atoms with van der Waals surface area (Å²) in [5.74, 6) is 2.39. The van der Waals surface area contributed by atoms with Crippen molar-refractivity contribution >= 4 is 23.4 Å². The third kappa shape index (κ3) is 4.66. The van der Waals surface area contributed by atoms with Gasteiger partial charge in [0.25, 0.3) is 0 Å². The van der Waals surface area contributed by atoms with Crippen LogP contribution in [0.4, 0.5) is 5.69 Å². The smallest absolute Gasteiger partial charge is 0.238 e. The Morgan fingerprint density at radius 1 is 1.13 bits per heavy atom. The predicted molar refractivity (Wildman–Crippen MR) is 118 cm³/mol. The highest BCUT2D eigenvalue weighted by Gasteiger charge is 2.31. The molecule has 0 aliphatic carbocycles. The number of hydrogen-bond donors (Lipinski definition) is 1. The van der Waals surface area contributed by atoms with Gasteiger partial charge in [-0.3, -0.25) is 9.69 Å². The average molecular weight is 424 g/mol. The zero-order valence-electron chi connectivity index (χ0n) is 17.1. The van der Waals surface area contributed by atoms with E-state index >= 15 is 0 Å². The van der Waals surface area contributed by atoms with Crippen LogP contribution in [-0.4, -0.2) is 44.9 Å². The second-order valence-corrected chi connectivity index (χ2v) is 7.99. The SMILES string of the molecule is CSc1nnc([C@@H]2CCCN2CC(=O)Nc2ccc(Oc3ccccc3)cc2)n1C. The van der Waals surface area contributed by atoms with Gasteiger partial charge in [-0.05, 0) is 62.0 Å². The highest BCUT2D eigenvalue weighted by atomic mass is 32.2. The van der Waals surface area contributed by atoms with Gasteiger partial charge in [0.1, 0.15) is 11.5 Å². The molecule has 0 radical (unpaired) electrons. The zero-order valence-corrected chi connectivity index (χ0v) is 17.9. The molecule has 8 heteroatoms. The molecule has 1 saturated heterocycles. The van der Waals surface area contributed by atoms with Crippen molar-refractivity contribution in [1.29, 1.82) is 0 Å². The molecule has 1 aliphatic heterocycles. The number of carbonyl (C=O) groups excluding carboxylic acids is 1. The van der Waals surface area contributed by atoms with Gasteiger partial charge in [0.2, 0.25) is 5.91 Å². The number of anilines is 1. The van der Waals surface area contributed by atoms with E-state index in [1.54, 1.807) is 11.8 Å². The topological polar surface area (TPSA) is 72.3 Å². The van der Waals surface area contributed by atoms with E-state index in [1.807, 2.05) is 72.5 Å². The van der Waals surface area contributed by atoms with Crippen LogP contribution in [0, 0.1) is 0 Å². The fourth-order valence-corrected chi connectivity index (χ4v) is 4.21. The minimum Gasteiger partial charge on any atom is -0.457 e. The maximum atomic E-state index is 12.6. The van der Waals surface area contributed by atoms with Crippen LogP contribution in [-0.2, 0) is 11.8 Å². The summed E-state index contributed by atoms with van der Waals surface area (Å²) in [5.41, 5.74) is 0.750. The third-order valence-corrected chi connectivity index (χ3v) is 5.90.